The van der Waals surface area contributed by atoms with E-state index in [-0.39, 0.29) is 47.6 Å². The number of nitrogens with zero attached hydrogens (tertiary/aromatic N) is 2. The number of aliphatic hydroxyl groups is 2. The summed E-state index contributed by atoms with van der Waals surface area (Å²) in [6, 6.07) is 26.1. The van der Waals surface area contributed by atoms with Gasteiger partial charge in [0.15, 0.2) is 0 Å². The molecule has 11 nitrogen and oxygen atoms in total. The second-order valence-corrected chi connectivity index (χ2v) is 22.0. The lowest BCUT2D eigenvalue weighted by Gasteiger charge is -2.63. The molecule has 1 unspecified atom stereocenters. The van der Waals surface area contributed by atoms with Gasteiger partial charge in [-0.15, -0.1) is 0 Å². The van der Waals surface area contributed by atoms with Crippen LogP contribution in [0.1, 0.15) is 119 Å². The molecule has 6 aliphatic carbocycles. The topological polar surface area (TPSA) is 166 Å². The van der Waals surface area contributed by atoms with Crippen molar-refractivity contribution in [1.82, 2.24) is 15.1 Å². The van der Waals surface area contributed by atoms with Crippen LogP contribution in [0.25, 0.3) is 11.1 Å². The Labute approximate surface area is 398 Å². The van der Waals surface area contributed by atoms with Crippen molar-refractivity contribution < 1.29 is 34.4 Å². The first-order valence-corrected chi connectivity index (χ1v) is 25.4. The summed E-state index contributed by atoms with van der Waals surface area (Å²) in [6.45, 7) is 8.58. The molecule has 3 heterocycles. The normalized spacial score (nSPS) is 31.9. The second-order valence-electron chi connectivity index (χ2n) is 22.0. The second kappa shape index (κ2) is 16.1. The van der Waals surface area contributed by atoms with Crippen LogP contribution in [0.2, 0.25) is 0 Å². The van der Waals surface area contributed by atoms with Crippen molar-refractivity contribution in [2.24, 2.45) is 17.6 Å². The molecule has 9 aliphatic rings. The van der Waals surface area contributed by atoms with Crippen molar-refractivity contribution in [1.29, 1.82) is 0 Å². The van der Waals surface area contributed by atoms with E-state index in [1.54, 1.807) is 12.1 Å². The average Bonchev–Trinajstić information content (AvgIpc) is 4.28. The van der Waals surface area contributed by atoms with Gasteiger partial charge in [0.2, 0.25) is 0 Å². The predicted octanol–water partition coefficient (Wildman–Crippen LogP) is 6.70. The number of phenols is 1. The number of aromatic hydroxyl groups is 1. The van der Waals surface area contributed by atoms with Crippen LogP contribution in [0.4, 0.5) is 0 Å². The zero-order valence-electron chi connectivity index (χ0n) is 39.0. The summed E-state index contributed by atoms with van der Waals surface area (Å²) in [5.41, 5.74) is 11.4. The number of amides is 2. The first-order valence-electron chi connectivity index (χ1n) is 25.4. The van der Waals surface area contributed by atoms with Gasteiger partial charge in [0, 0.05) is 61.1 Å². The molecule has 11 heteroatoms. The van der Waals surface area contributed by atoms with Gasteiger partial charge in [-0.1, -0.05) is 73.3 Å². The number of rotatable bonds is 10. The number of piperidine rings is 2. The van der Waals surface area contributed by atoms with Crippen LogP contribution in [0.15, 0.2) is 91.0 Å². The van der Waals surface area contributed by atoms with Crippen molar-refractivity contribution in [3.05, 3.63) is 130 Å². The minimum atomic E-state index is -1.08. The van der Waals surface area contributed by atoms with E-state index in [2.05, 4.69) is 58.1 Å². The minimum absolute atomic E-state index is 0.0607. The number of nitrogens with one attached hydrogen (secondary N) is 1. The fourth-order valence-electron chi connectivity index (χ4n) is 14.5. The lowest BCUT2D eigenvalue weighted by atomic mass is 9.48. The number of nitrogens with two attached hydrogens (primary N) is 1. The highest BCUT2D eigenvalue weighted by Crippen LogP contribution is 2.66. The molecule has 4 bridgehead atoms. The highest BCUT2D eigenvalue weighted by Gasteiger charge is 2.72. The Kier molecular flexibility index (Phi) is 10.4. The van der Waals surface area contributed by atoms with Crippen molar-refractivity contribution in [3.63, 3.8) is 0 Å². The third-order valence-corrected chi connectivity index (χ3v) is 18.3. The van der Waals surface area contributed by atoms with Crippen LogP contribution >= 0.6 is 0 Å². The molecule has 3 aliphatic heterocycles. The van der Waals surface area contributed by atoms with Gasteiger partial charge in [-0.25, -0.2) is 0 Å². The molecule has 13 rings (SSSR count). The third kappa shape index (κ3) is 6.69. The molecule has 2 amide bonds. The fraction of sp³-hybridized carbons (Fsp3) is 0.491. The third-order valence-electron chi connectivity index (χ3n) is 18.3. The molecule has 68 heavy (non-hydrogen) atoms. The van der Waals surface area contributed by atoms with Gasteiger partial charge in [0.25, 0.3) is 11.8 Å². The van der Waals surface area contributed by atoms with Crippen LogP contribution < -0.4 is 15.8 Å². The highest BCUT2D eigenvalue weighted by molar-refractivity contribution is 5.98. The Balaban J connectivity index is 0.000000153. The molecule has 7 atom stereocenters. The Morgan fingerprint density at radius 3 is 2.04 bits per heavy atom. The summed E-state index contributed by atoms with van der Waals surface area (Å²) in [7, 11) is 0. The van der Waals surface area contributed by atoms with E-state index in [1.165, 1.54) is 36.8 Å². The number of primary amides is 1. The minimum Gasteiger partial charge on any atom is -0.507 e. The Morgan fingerprint density at radius 1 is 0.750 bits per heavy atom. The first kappa shape index (κ1) is 43.9. The molecule has 0 radical (unpaired) electrons. The van der Waals surface area contributed by atoms with E-state index in [0.29, 0.717) is 61.4 Å². The largest absolute Gasteiger partial charge is 0.507 e. The SMILES string of the molecule is C=C1CC[C@@]2(O)[C@H]3Cc4ccc(C(N)=O)c5c4[C@@]2(CCN3CC2CC2)C1O5.O=C1CC[C@@]2(O)[C@H]3Cc4ccc(C(=O)NCCc5ccc(-c6ccccc6)cc5)c(O)c4[C@@]2(CCN3CC2CC2)C1. The zero-order chi connectivity index (χ0) is 46.7. The highest BCUT2D eigenvalue weighted by atomic mass is 16.5. The number of hydrogen-bond acceptors (Lipinski definition) is 9. The zero-order valence-corrected chi connectivity index (χ0v) is 39.0. The molecule has 2 saturated heterocycles. The maximum atomic E-state index is 13.3. The summed E-state index contributed by atoms with van der Waals surface area (Å²) in [6.07, 6.45) is 10.9. The standard InChI is InChI=1S/C35H38N2O4.C22H26N2O3/c38-28-14-16-35(41)30-20-27-12-13-29(32(39)31(27)34(35,21-28)17-19-37(30)22-24-6-7-24)33(40)36-18-15-23-8-10-26(11-9-23)25-4-2-1-3-5-25;1-12-6-7-22(26)16-10-14-4-5-15(20(23)25)18-17(14)21(22,19(12)27-18)8-9-24(16)11-13-2-3-13/h1-5,8-13,24,30,39,41H,6-7,14-22H2,(H,36,40);4-5,13,16,19,26H,1-3,6-11H2,(H2,23,25)/t30-,34-,35-;16-,19?,21+,22-/m11/s1. The number of carbonyl (C=O) groups is 3. The van der Waals surface area contributed by atoms with Crippen molar-refractivity contribution in [2.45, 2.75) is 130 Å². The van der Waals surface area contributed by atoms with E-state index in [4.69, 9.17) is 10.5 Å². The number of ether oxygens (including phenoxy) is 1. The van der Waals surface area contributed by atoms with E-state index < -0.39 is 27.9 Å². The van der Waals surface area contributed by atoms with Gasteiger partial charge < -0.3 is 31.1 Å². The Morgan fingerprint density at radius 2 is 1.37 bits per heavy atom. The number of Topliss-reactive ketones (excluding diaryl/α,β-unsaturated/α-hetero) is 1. The van der Waals surface area contributed by atoms with Crippen molar-refractivity contribution >= 4 is 17.6 Å². The van der Waals surface area contributed by atoms with Crippen LogP contribution in [-0.4, -0.2) is 105 Å². The number of phenolic OH excluding ortho intramolecular Hbond substituents is 1. The summed E-state index contributed by atoms with van der Waals surface area (Å²) < 4.78 is 6.40. The summed E-state index contributed by atoms with van der Waals surface area (Å²) in [5.74, 6) is 1.39. The number of hydrogen-bond donors (Lipinski definition) is 5. The maximum Gasteiger partial charge on any atom is 0.255 e. The molecule has 6 fully saturated rings. The lowest BCUT2D eigenvalue weighted by Crippen LogP contribution is -2.75. The van der Waals surface area contributed by atoms with Gasteiger partial charge in [-0.2, -0.15) is 0 Å². The van der Waals surface area contributed by atoms with E-state index in [1.807, 2.05) is 30.3 Å². The Bertz CT molecular complexity index is 2730. The number of fused-ring (bicyclic) bond motifs is 1. The molecule has 0 aromatic heterocycles. The fourth-order valence-corrected chi connectivity index (χ4v) is 14.5. The molecule has 354 valence electrons. The molecule has 1 spiro atoms. The number of carbonyl (C=O) groups excluding carboxylic acids is 3. The Hall–Kier alpha value is -5.33. The van der Waals surface area contributed by atoms with Gasteiger partial charge >= 0.3 is 0 Å². The predicted molar refractivity (Wildman–Crippen MR) is 259 cm³/mol. The number of likely N-dealkylation sites (tertiary alicyclic amines) is 2. The summed E-state index contributed by atoms with van der Waals surface area (Å²) in [5, 5.41) is 39.1. The van der Waals surface area contributed by atoms with Gasteiger partial charge in [-0.05, 0) is 147 Å². The average molecular weight is 917 g/mol. The van der Waals surface area contributed by atoms with Crippen LogP contribution in [0.5, 0.6) is 11.5 Å². The van der Waals surface area contributed by atoms with E-state index >= 15 is 0 Å². The van der Waals surface area contributed by atoms with Crippen molar-refractivity contribution in [3.8, 4) is 22.6 Å². The van der Waals surface area contributed by atoms with Gasteiger partial charge in [-0.3, -0.25) is 24.2 Å². The quantitative estimate of drug-likeness (QED) is 0.109. The maximum absolute atomic E-state index is 13.3. The van der Waals surface area contributed by atoms with E-state index in [0.717, 1.165) is 85.6 Å². The van der Waals surface area contributed by atoms with Gasteiger partial charge in [0.1, 0.15) is 23.4 Å². The number of benzene rings is 4. The van der Waals surface area contributed by atoms with Crippen LogP contribution in [-0.2, 0) is 34.9 Å². The molecule has 4 saturated carbocycles. The molecule has 4 aromatic rings. The van der Waals surface area contributed by atoms with Crippen LogP contribution in [0, 0.1) is 11.8 Å². The molecular weight excluding hydrogens is 853 g/mol. The van der Waals surface area contributed by atoms with Crippen LogP contribution in [0.3, 0.4) is 0 Å². The van der Waals surface area contributed by atoms with Crippen molar-refractivity contribution in [2.75, 3.05) is 32.7 Å². The first-order chi connectivity index (χ1) is 32.8. The smallest absolute Gasteiger partial charge is 0.255 e. The molecule has 4 aromatic carbocycles. The lowest BCUT2D eigenvalue weighted by molar-refractivity contribution is -0.174. The summed E-state index contributed by atoms with van der Waals surface area (Å²) >= 11 is 0. The number of ketones is 1. The van der Waals surface area contributed by atoms with E-state index in [9.17, 15) is 29.7 Å². The molecule has 6 N–H and O–H groups in total. The monoisotopic (exact) mass is 916 g/mol. The van der Waals surface area contributed by atoms with Gasteiger partial charge in [0.05, 0.1) is 27.7 Å². The molecular formula is C57H64N4O7. The summed E-state index contributed by atoms with van der Waals surface area (Å²) in [4.78, 5) is 43.2.